The van der Waals surface area contributed by atoms with E-state index in [1.54, 1.807) is 17.9 Å². The summed E-state index contributed by atoms with van der Waals surface area (Å²) in [5.41, 5.74) is 0.837. The van der Waals surface area contributed by atoms with E-state index in [-0.39, 0.29) is 69.6 Å². The third kappa shape index (κ3) is 8.18. The van der Waals surface area contributed by atoms with Crippen LogP contribution >= 0.6 is 18.0 Å². The van der Waals surface area contributed by atoms with Gasteiger partial charge in [-0.1, -0.05) is 15.4 Å². The fourth-order valence-corrected chi connectivity index (χ4v) is 2.21. The molecule has 0 aliphatic heterocycles. The summed E-state index contributed by atoms with van der Waals surface area (Å²) in [4.78, 5) is 22.3. The van der Waals surface area contributed by atoms with Crippen molar-refractivity contribution in [1.82, 2.24) is 20.1 Å². The minimum atomic E-state index is 0. The molecule has 0 bridgehead atoms. The standard InChI is InChI=1S/C9H15N4O2P2.Rb/c1-13(8(14)3-2-4-9(15)16)17-6-7-5-10-12-11-7;/h5,17H,2-4,6,16H2,1H3;/q-1;+1. The van der Waals surface area contributed by atoms with Crippen molar-refractivity contribution in [1.29, 1.82) is 0 Å². The zero-order valence-electron chi connectivity index (χ0n) is 10.6. The third-order valence-electron chi connectivity index (χ3n) is 2.12. The predicted molar refractivity (Wildman–Crippen MR) is 68.7 cm³/mol. The first-order valence-electron chi connectivity index (χ1n) is 5.18. The van der Waals surface area contributed by atoms with Gasteiger partial charge in [-0.05, 0) is 20.8 Å². The Morgan fingerprint density at radius 3 is 2.78 bits per heavy atom. The van der Waals surface area contributed by atoms with Gasteiger partial charge in [0.15, 0.2) is 0 Å². The molecule has 1 rings (SSSR count). The minimum Gasteiger partial charge on any atom is -0.358 e. The van der Waals surface area contributed by atoms with Crippen LogP contribution in [0.5, 0.6) is 0 Å². The summed E-state index contributed by atoms with van der Waals surface area (Å²) >= 11 is 0. The van der Waals surface area contributed by atoms with E-state index < -0.39 is 0 Å². The van der Waals surface area contributed by atoms with Gasteiger partial charge in [0, 0.05) is 26.1 Å². The molecule has 0 saturated carbocycles. The second kappa shape index (κ2) is 10.7. The van der Waals surface area contributed by atoms with Gasteiger partial charge in [0.05, 0.1) is 0 Å². The number of rotatable bonds is 7. The molecule has 9 heteroatoms. The van der Waals surface area contributed by atoms with Crippen molar-refractivity contribution in [2.45, 2.75) is 25.4 Å². The van der Waals surface area contributed by atoms with Gasteiger partial charge < -0.3 is 14.9 Å². The number of carbonyl (C=O) groups is 2. The number of amides is 1. The van der Waals surface area contributed by atoms with Crippen LogP contribution in [0.1, 0.15) is 25.0 Å². The van der Waals surface area contributed by atoms with Crippen LogP contribution in [0.4, 0.5) is 0 Å². The average Bonchev–Trinajstić information content (AvgIpc) is 2.78. The third-order valence-corrected chi connectivity index (χ3v) is 3.65. The molecular formula is C9H15N4O2P2Rb. The van der Waals surface area contributed by atoms with Gasteiger partial charge in [0.25, 0.3) is 0 Å². The van der Waals surface area contributed by atoms with E-state index in [4.69, 9.17) is 0 Å². The molecule has 0 aliphatic rings. The Bertz CT molecular complexity index is 375. The number of nitrogens with zero attached hydrogens (tertiary/aromatic N) is 4. The smallest absolute Gasteiger partial charge is 0.358 e. The number of hydrogen-bond acceptors (Lipinski definition) is 4. The van der Waals surface area contributed by atoms with Gasteiger partial charge in [0.1, 0.15) is 5.52 Å². The van der Waals surface area contributed by atoms with Gasteiger partial charge in [-0.3, -0.25) is 14.8 Å². The molecule has 0 fully saturated rings. The Kier molecular flexibility index (Phi) is 11.3. The normalized spacial score (nSPS) is 10.3. The summed E-state index contributed by atoms with van der Waals surface area (Å²) in [7, 11) is 4.21. The van der Waals surface area contributed by atoms with E-state index in [2.05, 4.69) is 24.7 Å². The van der Waals surface area contributed by atoms with E-state index in [0.29, 0.717) is 34.2 Å². The van der Waals surface area contributed by atoms with Crippen LogP contribution in [0.3, 0.4) is 0 Å². The Morgan fingerprint density at radius 1 is 1.50 bits per heavy atom. The van der Waals surface area contributed by atoms with Gasteiger partial charge >= 0.3 is 58.2 Å². The van der Waals surface area contributed by atoms with Gasteiger partial charge in [0.2, 0.25) is 5.91 Å². The van der Waals surface area contributed by atoms with E-state index >= 15 is 0 Å². The molecule has 0 aliphatic carbocycles. The van der Waals surface area contributed by atoms with Gasteiger partial charge in [-0.25, -0.2) is 0 Å². The molecule has 1 amide bonds. The summed E-state index contributed by atoms with van der Waals surface area (Å²) < 4.78 is 1.67. The van der Waals surface area contributed by atoms with Crippen molar-refractivity contribution in [3.05, 3.63) is 11.9 Å². The molecule has 0 radical (unpaired) electrons. The van der Waals surface area contributed by atoms with E-state index in [0.717, 1.165) is 5.69 Å². The van der Waals surface area contributed by atoms with Crippen molar-refractivity contribution < 1.29 is 67.8 Å². The van der Waals surface area contributed by atoms with Gasteiger partial charge in [-0.15, -0.1) is 0 Å². The van der Waals surface area contributed by atoms with Crippen LogP contribution in [0.2, 0.25) is 0 Å². The molecule has 2 unspecified atom stereocenters. The molecule has 18 heavy (non-hydrogen) atoms. The topological polar surface area (TPSA) is 77.3 Å². The van der Waals surface area contributed by atoms with E-state index in [1.807, 2.05) is 0 Å². The molecule has 1 aromatic rings. The molecule has 0 aromatic carbocycles. The Balaban J connectivity index is 0.00000289. The molecule has 94 valence electrons. The first-order valence-corrected chi connectivity index (χ1v) is 6.91. The second-order valence-electron chi connectivity index (χ2n) is 3.53. The van der Waals surface area contributed by atoms with Crippen molar-refractivity contribution in [3.8, 4) is 0 Å². The molecule has 6 nitrogen and oxygen atoms in total. The molecular weight excluding hydrogens is 344 g/mol. The maximum atomic E-state index is 11.6. The predicted octanol–water partition coefficient (Wildman–Crippen LogP) is -2.44. The number of carbonyl (C=O) groups excluding carboxylic acids is 2. The Morgan fingerprint density at radius 2 is 2.22 bits per heavy atom. The van der Waals surface area contributed by atoms with Crippen molar-refractivity contribution in [3.63, 3.8) is 0 Å². The first-order chi connectivity index (χ1) is 8.09. The monoisotopic (exact) mass is 358 g/mol. The number of hydrogen-bond donors (Lipinski definition) is 0. The van der Waals surface area contributed by atoms with Crippen LogP contribution in [-0.4, -0.2) is 33.5 Å². The molecule has 0 spiro atoms. The van der Waals surface area contributed by atoms with Gasteiger partial charge in [-0.2, -0.15) is 0 Å². The molecule has 2 atom stereocenters. The summed E-state index contributed by atoms with van der Waals surface area (Å²) in [6, 6.07) is 0. The fourth-order valence-electron chi connectivity index (χ4n) is 1.15. The molecule has 1 heterocycles. The van der Waals surface area contributed by atoms with Crippen molar-refractivity contribution in [2.24, 2.45) is 0 Å². The SMILES string of the molecule is CN(PCc1c[n-]nn1)C(=O)CCCC(=O)P.[Rb+]. The van der Waals surface area contributed by atoms with Crippen LogP contribution in [-0.2, 0) is 15.8 Å². The first kappa shape index (κ1) is 18.9. The van der Waals surface area contributed by atoms with Crippen LogP contribution in [0, 0.1) is 0 Å². The maximum Gasteiger partial charge on any atom is 1.00 e. The molecule has 0 saturated heterocycles. The fraction of sp³-hybridized carbons (Fsp3) is 0.556. The average molecular weight is 359 g/mol. The molecule has 0 N–H and O–H groups in total. The Hall–Kier alpha value is 0.945. The van der Waals surface area contributed by atoms with Crippen LogP contribution in [0.25, 0.3) is 0 Å². The summed E-state index contributed by atoms with van der Waals surface area (Å²) in [6.45, 7) is 0. The minimum absolute atomic E-state index is 0. The van der Waals surface area contributed by atoms with Crippen molar-refractivity contribution in [2.75, 3.05) is 7.05 Å². The van der Waals surface area contributed by atoms with Crippen molar-refractivity contribution >= 4 is 29.4 Å². The van der Waals surface area contributed by atoms with Crippen LogP contribution < -0.4 is 63.3 Å². The summed E-state index contributed by atoms with van der Waals surface area (Å²) in [5.74, 6) is 0.0575. The summed E-state index contributed by atoms with van der Waals surface area (Å²) in [6.07, 6.45) is 3.73. The Labute approximate surface area is 159 Å². The maximum absolute atomic E-state index is 11.6. The van der Waals surface area contributed by atoms with Crippen LogP contribution in [0.15, 0.2) is 6.20 Å². The zero-order chi connectivity index (χ0) is 12.7. The number of aromatic nitrogens is 3. The van der Waals surface area contributed by atoms with E-state index in [9.17, 15) is 9.59 Å². The molecule has 1 aromatic heterocycles. The second-order valence-corrected chi connectivity index (χ2v) is 5.52. The van der Waals surface area contributed by atoms with E-state index in [1.165, 1.54) is 0 Å². The largest absolute Gasteiger partial charge is 1.00 e. The summed E-state index contributed by atoms with van der Waals surface area (Å²) in [5, 5.41) is 10.9. The zero-order valence-corrected chi connectivity index (χ0v) is 17.7. The quantitative estimate of drug-likeness (QED) is 0.506.